The molecule has 4 heteroatoms. The average Bonchev–Trinajstić information content (AvgIpc) is 2.46. The van der Waals surface area contributed by atoms with Crippen LogP contribution in [0, 0.1) is 12.3 Å². The highest BCUT2D eigenvalue weighted by atomic mass is 35.5. The van der Waals surface area contributed by atoms with Gasteiger partial charge < -0.3 is 5.32 Å². The lowest BCUT2D eigenvalue weighted by Gasteiger charge is -2.35. The van der Waals surface area contributed by atoms with Gasteiger partial charge in [0.05, 0.1) is 5.56 Å². The molecule has 1 saturated carbocycles. The fourth-order valence-electron chi connectivity index (χ4n) is 2.63. The Morgan fingerprint density at radius 1 is 1.37 bits per heavy atom. The first-order valence-electron chi connectivity index (χ1n) is 6.92. The summed E-state index contributed by atoms with van der Waals surface area (Å²) < 4.78 is 0. The first-order valence-corrected chi connectivity index (χ1v) is 7.45. The molecule has 1 aromatic heterocycles. The number of aromatic nitrogens is 1. The summed E-state index contributed by atoms with van der Waals surface area (Å²) in [6, 6.07) is 3.67. The summed E-state index contributed by atoms with van der Waals surface area (Å²) in [6.45, 7) is 2.58. The van der Waals surface area contributed by atoms with E-state index in [1.54, 1.807) is 6.20 Å². The third-order valence-corrected chi connectivity index (χ3v) is 4.56. The molecule has 3 nitrogen and oxygen atoms in total. The summed E-state index contributed by atoms with van der Waals surface area (Å²) in [4.78, 5) is 16.2. The van der Waals surface area contributed by atoms with Crippen LogP contribution in [0.1, 0.15) is 48.2 Å². The van der Waals surface area contributed by atoms with Gasteiger partial charge in [-0.05, 0) is 31.9 Å². The van der Waals surface area contributed by atoms with Crippen molar-refractivity contribution >= 4 is 17.5 Å². The van der Waals surface area contributed by atoms with Crippen LogP contribution < -0.4 is 5.32 Å². The standard InChI is InChI=1S/C15H21ClN2O/c1-12-5-6-13(9-17-12)14(19)18-11-15(10-16)7-3-2-4-8-15/h5-6,9H,2-4,7-8,10-11H2,1H3,(H,18,19). The molecule has 1 amide bonds. The Labute approximate surface area is 119 Å². The number of hydrogen-bond donors (Lipinski definition) is 1. The Morgan fingerprint density at radius 3 is 2.68 bits per heavy atom. The first-order chi connectivity index (χ1) is 9.15. The van der Waals surface area contributed by atoms with E-state index in [1.165, 1.54) is 19.3 Å². The molecule has 1 N–H and O–H groups in total. The lowest BCUT2D eigenvalue weighted by molar-refractivity contribution is 0.0920. The minimum atomic E-state index is -0.0532. The fraction of sp³-hybridized carbons (Fsp3) is 0.600. The zero-order chi connectivity index (χ0) is 13.7. The number of amides is 1. The Kier molecular flexibility index (Phi) is 4.81. The fourth-order valence-corrected chi connectivity index (χ4v) is 2.99. The molecule has 0 unspecified atom stereocenters. The number of hydrogen-bond acceptors (Lipinski definition) is 2. The van der Waals surface area contributed by atoms with Gasteiger partial charge in [0, 0.05) is 29.7 Å². The van der Waals surface area contributed by atoms with E-state index in [9.17, 15) is 4.79 Å². The second-order valence-electron chi connectivity index (χ2n) is 5.57. The lowest BCUT2D eigenvalue weighted by atomic mass is 9.75. The molecule has 1 aromatic rings. The zero-order valence-electron chi connectivity index (χ0n) is 11.4. The summed E-state index contributed by atoms with van der Waals surface area (Å²) in [5.74, 6) is 0.571. The topological polar surface area (TPSA) is 42.0 Å². The highest BCUT2D eigenvalue weighted by molar-refractivity contribution is 6.18. The van der Waals surface area contributed by atoms with Crippen molar-refractivity contribution in [2.75, 3.05) is 12.4 Å². The monoisotopic (exact) mass is 280 g/mol. The highest BCUT2D eigenvalue weighted by Crippen LogP contribution is 2.36. The van der Waals surface area contributed by atoms with Crippen LogP contribution in [0.5, 0.6) is 0 Å². The number of carbonyl (C=O) groups is 1. The summed E-state index contributed by atoms with van der Waals surface area (Å²) in [5, 5.41) is 3.02. The van der Waals surface area contributed by atoms with E-state index in [0.29, 0.717) is 18.0 Å². The van der Waals surface area contributed by atoms with Gasteiger partial charge in [-0.2, -0.15) is 0 Å². The Balaban J connectivity index is 1.93. The summed E-state index contributed by atoms with van der Waals surface area (Å²) in [6.07, 6.45) is 7.57. The van der Waals surface area contributed by atoms with E-state index in [1.807, 2.05) is 19.1 Å². The van der Waals surface area contributed by atoms with E-state index < -0.39 is 0 Å². The van der Waals surface area contributed by atoms with Gasteiger partial charge in [-0.25, -0.2) is 0 Å². The molecule has 1 heterocycles. The quantitative estimate of drug-likeness (QED) is 0.860. The maximum Gasteiger partial charge on any atom is 0.252 e. The van der Waals surface area contributed by atoms with Crippen LogP contribution in [0.25, 0.3) is 0 Å². The SMILES string of the molecule is Cc1ccc(C(=O)NCC2(CCl)CCCCC2)cn1. The molecule has 0 saturated heterocycles. The third-order valence-electron chi connectivity index (χ3n) is 4.00. The van der Waals surface area contributed by atoms with Crippen LogP contribution in [-0.4, -0.2) is 23.3 Å². The Hall–Kier alpha value is -1.09. The minimum Gasteiger partial charge on any atom is -0.351 e. The van der Waals surface area contributed by atoms with Crippen LogP contribution in [-0.2, 0) is 0 Å². The van der Waals surface area contributed by atoms with E-state index in [4.69, 9.17) is 11.6 Å². The molecule has 0 bridgehead atoms. The van der Waals surface area contributed by atoms with Gasteiger partial charge >= 0.3 is 0 Å². The molecule has 0 spiro atoms. The Bertz CT molecular complexity index is 424. The van der Waals surface area contributed by atoms with Crippen molar-refractivity contribution in [1.29, 1.82) is 0 Å². The van der Waals surface area contributed by atoms with E-state index in [-0.39, 0.29) is 11.3 Å². The van der Waals surface area contributed by atoms with Crippen molar-refractivity contribution in [2.24, 2.45) is 5.41 Å². The molecule has 0 radical (unpaired) electrons. The summed E-state index contributed by atoms with van der Waals surface area (Å²) in [5.41, 5.74) is 1.63. The van der Waals surface area contributed by atoms with Gasteiger partial charge in [-0.1, -0.05) is 19.3 Å². The molecule has 1 fully saturated rings. The molecule has 0 aliphatic heterocycles. The number of nitrogens with zero attached hydrogens (tertiary/aromatic N) is 1. The molecule has 2 rings (SSSR count). The van der Waals surface area contributed by atoms with E-state index >= 15 is 0 Å². The van der Waals surface area contributed by atoms with Gasteiger partial charge in [0.2, 0.25) is 0 Å². The van der Waals surface area contributed by atoms with Gasteiger partial charge in [0.1, 0.15) is 0 Å². The van der Waals surface area contributed by atoms with Crippen LogP contribution in [0.4, 0.5) is 0 Å². The predicted octanol–water partition coefficient (Wildman–Crippen LogP) is 3.31. The normalized spacial score (nSPS) is 18.0. The smallest absolute Gasteiger partial charge is 0.252 e. The predicted molar refractivity (Wildman–Crippen MR) is 77.5 cm³/mol. The molecule has 0 aromatic carbocycles. The van der Waals surface area contributed by atoms with Crippen molar-refractivity contribution in [2.45, 2.75) is 39.0 Å². The number of pyridine rings is 1. The average molecular weight is 281 g/mol. The van der Waals surface area contributed by atoms with Crippen molar-refractivity contribution in [3.8, 4) is 0 Å². The van der Waals surface area contributed by atoms with Gasteiger partial charge in [0.15, 0.2) is 0 Å². The molecule has 1 aliphatic carbocycles. The summed E-state index contributed by atoms with van der Waals surface area (Å²) in [7, 11) is 0. The molecular weight excluding hydrogens is 260 g/mol. The van der Waals surface area contributed by atoms with Gasteiger partial charge in [-0.3, -0.25) is 9.78 Å². The third kappa shape index (κ3) is 3.69. The number of nitrogens with one attached hydrogen (secondary N) is 1. The van der Waals surface area contributed by atoms with Crippen molar-refractivity contribution in [1.82, 2.24) is 10.3 Å². The number of carbonyl (C=O) groups excluding carboxylic acids is 1. The van der Waals surface area contributed by atoms with Gasteiger partial charge in [-0.15, -0.1) is 11.6 Å². The second kappa shape index (κ2) is 6.38. The molecule has 0 atom stereocenters. The number of aryl methyl sites for hydroxylation is 1. The molecular formula is C15H21ClN2O. The molecule has 1 aliphatic rings. The molecule has 19 heavy (non-hydrogen) atoms. The first kappa shape index (κ1) is 14.3. The van der Waals surface area contributed by atoms with Crippen molar-refractivity contribution in [3.63, 3.8) is 0 Å². The largest absolute Gasteiger partial charge is 0.351 e. The number of rotatable bonds is 4. The second-order valence-corrected chi connectivity index (χ2v) is 5.83. The van der Waals surface area contributed by atoms with Gasteiger partial charge in [0.25, 0.3) is 5.91 Å². The minimum absolute atomic E-state index is 0.0532. The number of alkyl halides is 1. The van der Waals surface area contributed by atoms with Crippen LogP contribution in [0.2, 0.25) is 0 Å². The maximum absolute atomic E-state index is 12.1. The van der Waals surface area contributed by atoms with Crippen LogP contribution in [0.3, 0.4) is 0 Å². The lowest BCUT2D eigenvalue weighted by Crippen LogP contribution is -2.40. The van der Waals surface area contributed by atoms with E-state index in [0.717, 1.165) is 18.5 Å². The zero-order valence-corrected chi connectivity index (χ0v) is 12.2. The van der Waals surface area contributed by atoms with Crippen LogP contribution >= 0.6 is 11.6 Å². The molecule has 104 valence electrons. The number of halogens is 1. The Morgan fingerprint density at radius 2 is 2.11 bits per heavy atom. The van der Waals surface area contributed by atoms with Crippen LogP contribution in [0.15, 0.2) is 18.3 Å². The van der Waals surface area contributed by atoms with E-state index in [2.05, 4.69) is 10.3 Å². The van der Waals surface area contributed by atoms with Crippen molar-refractivity contribution < 1.29 is 4.79 Å². The summed E-state index contributed by atoms with van der Waals surface area (Å²) >= 11 is 6.12. The highest BCUT2D eigenvalue weighted by Gasteiger charge is 2.31. The van der Waals surface area contributed by atoms with Crippen molar-refractivity contribution in [3.05, 3.63) is 29.6 Å². The maximum atomic E-state index is 12.1.